The Morgan fingerprint density at radius 3 is 1.35 bits per heavy atom. The molecule has 0 aromatic carbocycles. The van der Waals surface area contributed by atoms with Crippen molar-refractivity contribution in [3.63, 3.8) is 0 Å². The summed E-state index contributed by atoms with van der Waals surface area (Å²) in [6.07, 6.45) is 60.5. The van der Waals surface area contributed by atoms with E-state index in [9.17, 15) is 19.4 Å². The number of carbonyl (C=O) groups is 1. The van der Waals surface area contributed by atoms with E-state index in [1.807, 2.05) is 21.1 Å². The first-order valence-corrected chi connectivity index (χ1v) is 26.4. The number of phosphoric ester groups is 1. The molecule has 1 amide bonds. The van der Waals surface area contributed by atoms with Gasteiger partial charge in [-0.1, -0.05) is 208 Å². The van der Waals surface area contributed by atoms with Gasteiger partial charge >= 0.3 is 7.82 Å². The van der Waals surface area contributed by atoms with Gasteiger partial charge in [0, 0.05) is 6.42 Å². The standard InChI is InChI=1S/C53H95N2O6P/c1-6-8-10-12-14-16-18-20-22-24-25-26-27-28-29-31-33-35-37-39-41-43-45-47-53(57)54-51(50-61-62(58,59)60-49-48-55(3,4)5)52(56)46-44-42-40-38-36-34-32-30-23-21-19-17-15-13-11-9-7-2/h8,10,14,16,20,22,25-26,28-29,33,35,39,41,51-52,56H,6-7,9,11-13,15,17-19,21,23-24,27,30-32,34,36-38,40,42-50H2,1-5H3,(H-,54,57,58,59)/p+1/b10-8-,16-14-,22-20-,26-25-,29-28-,35-33-,41-39-. The molecule has 0 radical (unpaired) electrons. The SMILES string of the molecule is CC/C=C\C/C=C\C/C=C\C/C=C\C/C=C\C/C=C\C/C=C\CCCC(=O)NC(COP(=O)(O)OCC[N+](C)(C)C)C(O)CCCCCCCCCCCCCCCCCCC. The number of aliphatic hydroxyl groups is 1. The second-order valence-electron chi connectivity index (χ2n) is 17.8. The number of aliphatic hydroxyl groups excluding tert-OH is 1. The highest BCUT2D eigenvalue weighted by Crippen LogP contribution is 2.43. The van der Waals surface area contributed by atoms with Gasteiger partial charge in [-0.25, -0.2) is 4.57 Å². The third-order valence-electron chi connectivity index (χ3n) is 10.7. The molecule has 0 aliphatic heterocycles. The summed E-state index contributed by atoms with van der Waals surface area (Å²) >= 11 is 0. The number of rotatable bonds is 44. The molecule has 8 nitrogen and oxygen atoms in total. The Balaban J connectivity index is 4.43. The lowest BCUT2D eigenvalue weighted by molar-refractivity contribution is -0.870. The minimum Gasteiger partial charge on any atom is -0.391 e. The van der Waals surface area contributed by atoms with Crippen LogP contribution in [0.15, 0.2) is 85.1 Å². The van der Waals surface area contributed by atoms with E-state index in [1.54, 1.807) is 0 Å². The largest absolute Gasteiger partial charge is 0.472 e. The predicted octanol–water partition coefficient (Wildman–Crippen LogP) is 14.5. The highest BCUT2D eigenvalue weighted by molar-refractivity contribution is 7.47. The molecule has 9 heteroatoms. The Morgan fingerprint density at radius 2 is 0.952 bits per heavy atom. The van der Waals surface area contributed by atoms with Gasteiger partial charge in [0.05, 0.1) is 39.9 Å². The van der Waals surface area contributed by atoms with Crippen molar-refractivity contribution in [3.05, 3.63) is 85.1 Å². The number of unbranched alkanes of at least 4 members (excludes halogenated alkanes) is 17. The van der Waals surface area contributed by atoms with Gasteiger partial charge in [-0.2, -0.15) is 0 Å². The van der Waals surface area contributed by atoms with Crippen molar-refractivity contribution in [2.45, 2.75) is 206 Å². The van der Waals surface area contributed by atoms with Crippen molar-refractivity contribution in [1.29, 1.82) is 0 Å². The molecule has 62 heavy (non-hydrogen) atoms. The maximum atomic E-state index is 12.9. The van der Waals surface area contributed by atoms with Crippen LogP contribution in [-0.2, 0) is 18.4 Å². The van der Waals surface area contributed by atoms with Crippen LogP contribution in [0.3, 0.4) is 0 Å². The zero-order valence-corrected chi connectivity index (χ0v) is 41.5. The molecular weight excluding hydrogens is 792 g/mol. The lowest BCUT2D eigenvalue weighted by Gasteiger charge is -2.26. The zero-order chi connectivity index (χ0) is 45.7. The number of phosphoric acid groups is 1. The summed E-state index contributed by atoms with van der Waals surface area (Å²) in [7, 11) is 1.57. The molecule has 0 aliphatic carbocycles. The lowest BCUT2D eigenvalue weighted by Crippen LogP contribution is -2.46. The van der Waals surface area contributed by atoms with Crippen molar-refractivity contribution in [1.82, 2.24) is 5.32 Å². The summed E-state index contributed by atoms with van der Waals surface area (Å²) < 4.78 is 23.7. The van der Waals surface area contributed by atoms with E-state index in [-0.39, 0.29) is 19.1 Å². The third-order valence-corrected chi connectivity index (χ3v) is 11.6. The van der Waals surface area contributed by atoms with Gasteiger partial charge in [0.25, 0.3) is 0 Å². The number of quaternary nitrogens is 1. The summed E-state index contributed by atoms with van der Waals surface area (Å²) in [5.41, 5.74) is 0. The first kappa shape index (κ1) is 59.7. The smallest absolute Gasteiger partial charge is 0.391 e. The van der Waals surface area contributed by atoms with Crippen LogP contribution in [0.2, 0.25) is 0 Å². The number of nitrogens with zero attached hydrogens (tertiary/aromatic N) is 1. The normalized spacial score (nSPS) is 14.9. The maximum Gasteiger partial charge on any atom is 0.472 e. The number of nitrogens with one attached hydrogen (secondary N) is 1. The van der Waals surface area contributed by atoms with Crippen LogP contribution in [0.4, 0.5) is 0 Å². The molecule has 0 spiro atoms. The van der Waals surface area contributed by atoms with Crippen LogP contribution in [0.1, 0.15) is 194 Å². The van der Waals surface area contributed by atoms with E-state index in [2.05, 4.69) is 104 Å². The Hall–Kier alpha value is -2.32. The summed E-state index contributed by atoms with van der Waals surface area (Å²) in [5.74, 6) is -0.205. The molecule has 0 aromatic rings. The van der Waals surface area contributed by atoms with Crippen molar-refractivity contribution >= 4 is 13.7 Å². The van der Waals surface area contributed by atoms with E-state index in [1.165, 1.54) is 89.9 Å². The van der Waals surface area contributed by atoms with Gasteiger partial charge in [0.15, 0.2) is 0 Å². The van der Waals surface area contributed by atoms with Gasteiger partial charge < -0.3 is 19.8 Å². The third kappa shape index (κ3) is 45.7. The van der Waals surface area contributed by atoms with Crippen LogP contribution in [-0.4, -0.2) is 73.4 Å². The fourth-order valence-corrected chi connectivity index (χ4v) is 7.48. The van der Waals surface area contributed by atoms with Gasteiger partial charge in [-0.3, -0.25) is 13.8 Å². The summed E-state index contributed by atoms with van der Waals surface area (Å²) in [6.45, 7) is 4.72. The minimum atomic E-state index is -4.34. The average molecular weight is 888 g/mol. The molecule has 3 unspecified atom stereocenters. The van der Waals surface area contributed by atoms with Crippen LogP contribution < -0.4 is 5.32 Å². The number of hydrogen-bond acceptors (Lipinski definition) is 5. The van der Waals surface area contributed by atoms with Crippen LogP contribution in [0.5, 0.6) is 0 Å². The molecule has 3 N–H and O–H groups in total. The van der Waals surface area contributed by atoms with Crippen LogP contribution >= 0.6 is 7.82 Å². The second-order valence-corrected chi connectivity index (χ2v) is 19.3. The molecule has 0 heterocycles. The monoisotopic (exact) mass is 888 g/mol. The minimum absolute atomic E-state index is 0.0592. The van der Waals surface area contributed by atoms with Crippen molar-refractivity contribution < 1.29 is 32.9 Å². The lowest BCUT2D eigenvalue weighted by atomic mass is 10.0. The Kier molecular flexibility index (Phi) is 42.3. The van der Waals surface area contributed by atoms with E-state index in [4.69, 9.17) is 9.05 Å². The average Bonchev–Trinajstić information content (AvgIpc) is 3.23. The molecule has 0 fully saturated rings. The zero-order valence-electron chi connectivity index (χ0n) is 40.6. The Bertz CT molecular complexity index is 1280. The quantitative estimate of drug-likeness (QED) is 0.0244. The summed E-state index contributed by atoms with van der Waals surface area (Å²) in [6, 6.07) is -0.797. The van der Waals surface area contributed by atoms with E-state index < -0.39 is 20.0 Å². The number of likely N-dealkylation sites (N-methyl/N-ethyl adjacent to an activating group) is 1. The fraction of sp³-hybridized carbons (Fsp3) is 0.717. The van der Waals surface area contributed by atoms with Crippen molar-refractivity contribution in [2.24, 2.45) is 0 Å². The highest BCUT2D eigenvalue weighted by atomic mass is 31.2. The van der Waals surface area contributed by atoms with Gasteiger partial charge in [-0.05, 0) is 64.2 Å². The Morgan fingerprint density at radius 1 is 0.565 bits per heavy atom. The maximum absolute atomic E-state index is 12.9. The second kappa shape index (κ2) is 43.9. The molecule has 0 rings (SSSR count). The summed E-state index contributed by atoms with van der Waals surface area (Å²) in [5, 5.41) is 14.0. The number of allylic oxidation sites excluding steroid dienone is 14. The molecule has 0 aliphatic rings. The fourth-order valence-electron chi connectivity index (χ4n) is 6.74. The molecule has 0 bridgehead atoms. The van der Waals surface area contributed by atoms with Crippen molar-refractivity contribution in [3.8, 4) is 0 Å². The van der Waals surface area contributed by atoms with E-state index in [0.717, 1.165) is 70.6 Å². The molecule has 0 saturated carbocycles. The van der Waals surface area contributed by atoms with Crippen LogP contribution in [0, 0.1) is 0 Å². The highest BCUT2D eigenvalue weighted by Gasteiger charge is 2.28. The number of amides is 1. The van der Waals surface area contributed by atoms with Gasteiger partial charge in [0.1, 0.15) is 13.2 Å². The predicted molar refractivity (Wildman–Crippen MR) is 267 cm³/mol. The van der Waals surface area contributed by atoms with E-state index in [0.29, 0.717) is 30.3 Å². The van der Waals surface area contributed by atoms with Crippen LogP contribution in [0.25, 0.3) is 0 Å². The Labute approximate surface area is 382 Å². The van der Waals surface area contributed by atoms with Crippen molar-refractivity contribution in [2.75, 3.05) is 40.9 Å². The number of carbonyl (C=O) groups excluding carboxylic acids is 1. The number of hydrogen-bond donors (Lipinski definition) is 3. The topological polar surface area (TPSA) is 105 Å². The van der Waals surface area contributed by atoms with E-state index >= 15 is 0 Å². The molecule has 0 aromatic heterocycles. The summed E-state index contributed by atoms with van der Waals surface area (Å²) in [4.78, 5) is 23.2. The molecule has 3 atom stereocenters. The first-order valence-electron chi connectivity index (χ1n) is 25.0. The van der Waals surface area contributed by atoms with Gasteiger partial charge in [-0.15, -0.1) is 0 Å². The van der Waals surface area contributed by atoms with Gasteiger partial charge in [0.2, 0.25) is 5.91 Å². The molecule has 358 valence electrons. The first-order chi connectivity index (χ1) is 30.0. The molecular formula is C53H96N2O6P+. The molecule has 0 saturated heterocycles.